The molecule has 1 fully saturated rings. The van der Waals surface area contributed by atoms with Gasteiger partial charge in [-0.15, -0.1) is 0 Å². The molecule has 1 heterocycles. The fourth-order valence-corrected chi connectivity index (χ4v) is 3.35. The van der Waals surface area contributed by atoms with Crippen LogP contribution in [-0.4, -0.2) is 30.0 Å². The Bertz CT molecular complexity index is 717. The Morgan fingerprint density at radius 1 is 1.04 bits per heavy atom. The van der Waals surface area contributed by atoms with Gasteiger partial charge in [-0.1, -0.05) is 38.1 Å². The zero-order chi connectivity index (χ0) is 17.1. The predicted octanol–water partition coefficient (Wildman–Crippen LogP) is 4.43. The summed E-state index contributed by atoms with van der Waals surface area (Å²) >= 11 is 0. The van der Waals surface area contributed by atoms with Crippen LogP contribution in [-0.2, 0) is 11.2 Å². The van der Waals surface area contributed by atoms with E-state index in [2.05, 4.69) is 30.0 Å². The fraction of sp³-hybridized carbons (Fsp3) is 0.476. The normalized spacial score (nSPS) is 16.7. The summed E-state index contributed by atoms with van der Waals surface area (Å²) in [6, 6.07) is 13.0. The van der Waals surface area contributed by atoms with Gasteiger partial charge in [0.2, 0.25) is 0 Å². The minimum absolute atomic E-state index is 0.117. The minimum atomic E-state index is -0.187. The Kier molecular flexibility index (Phi) is 5.20. The lowest BCUT2D eigenvalue weighted by Crippen LogP contribution is -2.31. The molecule has 0 saturated carbocycles. The van der Waals surface area contributed by atoms with Gasteiger partial charge in [0.15, 0.2) is 0 Å². The lowest BCUT2D eigenvalue weighted by Gasteiger charge is -2.23. The number of fused-ring (bicyclic) bond motifs is 1. The molecule has 1 aliphatic heterocycles. The van der Waals surface area contributed by atoms with Crippen LogP contribution < -0.4 is 4.74 Å². The molecule has 2 aromatic rings. The van der Waals surface area contributed by atoms with Gasteiger partial charge in [0.05, 0.1) is 5.92 Å². The van der Waals surface area contributed by atoms with Crippen LogP contribution in [0.25, 0.3) is 10.8 Å². The molecule has 1 saturated heterocycles. The highest BCUT2D eigenvalue weighted by Gasteiger charge is 2.18. The third-order valence-electron chi connectivity index (χ3n) is 4.86. The largest absolute Gasteiger partial charge is 0.426 e. The zero-order valence-electron chi connectivity index (χ0n) is 14.9. The molecule has 0 bridgehead atoms. The van der Waals surface area contributed by atoms with Crippen LogP contribution in [0.4, 0.5) is 0 Å². The van der Waals surface area contributed by atoms with Crippen LogP contribution >= 0.6 is 0 Å². The topological polar surface area (TPSA) is 29.5 Å². The molecular weight excluding hydrogens is 298 g/mol. The molecule has 0 aromatic heterocycles. The lowest BCUT2D eigenvalue weighted by molar-refractivity contribution is -0.137. The predicted molar refractivity (Wildman–Crippen MR) is 98.4 cm³/mol. The summed E-state index contributed by atoms with van der Waals surface area (Å²) in [4.78, 5) is 14.4. The average molecular weight is 325 g/mol. The monoisotopic (exact) mass is 325 g/mol. The van der Waals surface area contributed by atoms with Gasteiger partial charge in [0.1, 0.15) is 5.75 Å². The second kappa shape index (κ2) is 7.35. The number of hydrogen-bond donors (Lipinski definition) is 0. The molecule has 1 atom stereocenters. The van der Waals surface area contributed by atoms with Gasteiger partial charge < -0.3 is 9.64 Å². The van der Waals surface area contributed by atoms with E-state index in [1.165, 1.54) is 36.9 Å². The molecule has 0 N–H and O–H groups in total. The highest BCUT2D eigenvalue weighted by Crippen LogP contribution is 2.24. The van der Waals surface area contributed by atoms with Crippen LogP contribution in [0, 0.1) is 5.92 Å². The second-order valence-electron chi connectivity index (χ2n) is 7.22. The molecule has 0 aliphatic carbocycles. The number of carbonyl (C=O) groups is 1. The first kappa shape index (κ1) is 17.0. The number of hydrogen-bond acceptors (Lipinski definition) is 3. The summed E-state index contributed by atoms with van der Waals surface area (Å²) in [5.41, 5.74) is 1.34. The number of ether oxygens (including phenoxy) is 1. The first-order chi connectivity index (χ1) is 11.5. The van der Waals surface area contributed by atoms with Crippen molar-refractivity contribution < 1.29 is 9.53 Å². The summed E-state index contributed by atoms with van der Waals surface area (Å²) in [6.07, 6.45) is 3.71. The van der Waals surface area contributed by atoms with Gasteiger partial charge in [0, 0.05) is 6.04 Å². The minimum Gasteiger partial charge on any atom is -0.426 e. The van der Waals surface area contributed by atoms with Crippen molar-refractivity contribution in [1.29, 1.82) is 0 Å². The molecule has 1 unspecified atom stereocenters. The van der Waals surface area contributed by atoms with Gasteiger partial charge in [-0.3, -0.25) is 4.79 Å². The Balaban J connectivity index is 1.77. The summed E-state index contributed by atoms with van der Waals surface area (Å²) in [5.74, 6) is 0.326. The van der Waals surface area contributed by atoms with Gasteiger partial charge >= 0.3 is 5.97 Å². The molecule has 3 heteroatoms. The van der Waals surface area contributed by atoms with Gasteiger partial charge in [-0.25, -0.2) is 0 Å². The van der Waals surface area contributed by atoms with Crippen molar-refractivity contribution >= 4 is 16.7 Å². The smallest absolute Gasteiger partial charge is 0.313 e. The maximum atomic E-state index is 11.8. The van der Waals surface area contributed by atoms with Crippen LogP contribution in [0.2, 0.25) is 0 Å². The average Bonchev–Trinajstić information content (AvgIpc) is 3.09. The van der Waals surface area contributed by atoms with E-state index in [1.54, 1.807) is 0 Å². The SMILES string of the molecule is CC(C)C(=O)Oc1ccc2ccc(CC(C)N3CCCC3)cc2c1. The molecule has 0 amide bonds. The molecule has 128 valence electrons. The first-order valence-corrected chi connectivity index (χ1v) is 9.01. The lowest BCUT2D eigenvalue weighted by atomic mass is 10.0. The van der Waals surface area contributed by atoms with Crippen molar-refractivity contribution in [3.8, 4) is 5.75 Å². The van der Waals surface area contributed by atoms with E-state index in [0.717, 1.165) is 11.8 Å². The van der Waals surface area contributed by atoms with Crippen molar-refractivity contribution in [1.82, 2.24) is 4.90 Å². The van der Waals surface area contributed by atoms with E-state index >= 15 is 0 Å². The maximum Gasteiger partial charge on any atom is 0.313 e. The van der Waals surface area contributed by atoms with Crippen LogP contribution in [0.5, 0.6) is 5.75 Å². The fourth-order valence-electron chi connectivity index (χ4n) is 3.35. The summed E-state index contributed by atoms with van der Waals surface area (Å²) in [7, 11) is 0. The summed E-state index contributed by atoms with van der Waals surface area (Å²) < 4.78 is 5.44. The van der Waals surface area contributed by atoms with Crippen molar-refractivity contribution in [3.05, 3.63) is 42.0 Å². The van der Waals surface area contributed by atoms with E-state index in [-0.39, 0.29) is 11.9 Å². The number of nitrogens with zero attached hydrogens (tertiary/aromatic N) is 1. The van der Waals surface area contributed by atoms with Gasteiger partial charge in [0.25, 0.3) is 0 Å². The maximum absolute atomic E-state index is 11.8. The van der Waals surface area contributed by atoms with Crippen LogP contribution in [0.15, 0.2) is 36.4 Å². The summed E-state index contributed by atoms with van der Waals surface area (Å²) in [5, 5.41) is 2.31. The molecule has 1 aliphatic rings. The Labute approximate surface area is 144 Å². The van der Waals surface area contributed by atoms with Crippen LogP contribution in [0.3, 0.4) is 0 Å². The number of esters is 1. The second-order valence-corrected chi connectivity index (χ2v) is 7.22. The van der Waals surface area contributed by atoms with Crippen molar-refractivity contribution in [2.45, 2.75) is 46.1 Å². The molecule has 3 rings (SSSR count). The highest BCUT2D eigenvalue weighted by molar-refractivity contribution is 5.85. The molecule has 0 spiro atoms. The molecular formula is C21H27NO2. The standard InChI is InChI=1S/C21H27NO2/c1-15(2)21(23)24-20-9-8-18-7-6-17(13-19(18)14-20)12-16(3)22-10-4-5-11-22/h6-9,13-16H,4-5,10-12H2,1-3H3. The quantitative estimate of drug-likeness (QED) is 0.602. The Hall–Kier alpha value is -1.87. The van der Waals surface area contributed by atoms with Crippen molar-refractivity contribution in [2.75, 3.05) is 13.1 Å². The molecule has 2 aromatic carbocycles. The van der Waals surface area contributed by atoms with E-state index in [9.17, 15) is 4.79 Å². The number of likely N-dealkylation sites (tertiary alicyclic amines) is 1. The van der Waals surface area contributed by atoms with E-state index < -0.39 is 0 Å². The first-order valence-electron chi connectivity index (χ1n) is 9.01. The van der Waals surface area contributed by atoms with E-state index in [1.807, 2.05) is 32.0 Å². The van der Waals surface area contributed by atoms with Crippen LogP contribution in [0.1, 0.15) is 39.2 Å². The number of rotatable bonds is 5. The Morgan fingerprint density at radius 2 is 1.75 bits per heavy atom. The third-order valence-corrected chi connectivity index (χ3v) is 4.86. The third kappa shape index (κ3) is 3.96. The number of carbonyl (C=O) groups excluding carboxylic acids is 1. The molecule has 0 radical (unpaired) electrons. The van der Waals surface area contributed by atoms with Gasteiger partial charge in [-0.05, 0) is 67.7 Å². The molecule has 3 nitrogen and oxygen atoms in total. The van der Waals surface area contributed by atoms with E-state index in [0.29, 0.717) is 11.8 Å². The highest BCUT2D eigenvalue weighted by atomic mass is 16.5. The number of benzene rings is 2. The summed E-state index contributed by atoms with van der Waals surface area (Å²) in [6.45, 7) is 8.47. The molecule has 24 heavy (non-hydrogen) atoms. The van der Waals surface area contributed by atoms with Gasteiger partial charge in [-0.2, -0.15) is 0 Å². The Morgan fingerprint density at radius 3 is 2.46 bits per heavy atom. The van der Waals surface area contributed by atoms with Crippen molar-refractivity contribution in [3.63, 3.8) is 0 Å². The zero-order valence-corrected chi connectivity index (χ0v) is 14.9. The van der Waals surface area contributed by atoms with Crippen molar-refractivity contribution in [2.24, 2.45) is 5.92 Å². The van der Waals surface area contributed by atoms with E-state index in [4.69, 9.17) is 4.74 Å².